The van der Waals surface area contributed by atoms with Crippen molar-refractivity contribution in [2.24, 2.45) is 5.92 Å². The van der Waals surface area contributed by atoms with Gasteiger partial charge in [0.05, 0.1) is 17.1 Å². The van der Waals surface area contributed by atoms with Crippen molar-refractivity contribution < 1.29 is 9.90 Å². The fourth-order valence-electron chi connectivity index (χ4n) is 3.51. The molecule has 0 saturated carbocycles. The van der Waals surface area contributed by atoms with E-state index in [2.05, 4.69) is 29.1 Å². The molecule has 0 spiro atoms. The molecule has 0 aliphatic carbocycles. The molecule has 0 fully saturated rings. The fourth-order valence-corrected chi connectivity index (χ4v) is 3.51. The van der Waals surface area contributed by atoms with Crippen molar-refractivity contribution in [3.8, 4) is 5.75 Å². The van der Waals surface area contributed by atoms with E-state index >= 15 is 0 Å². The number of carbonyl (C=O) groups excluding carboxylic acids is 1. The molecule has 1 amide bonds. The summed E-state index contributed by atoms with van der Waals surface area (Å²) in [6.45, 7) is 6.42. The number of para-hydroxylation sites is 2. The molecule has 3 N–H and O–H groups in total. The van der Waals surface area contributed by atoms with E-state index in [0.29, 0.717) is 31.0 Å². The van der Waals surface area contributed by atoms with E-state index in [0.717, 1.165) is 23.3 Å². The van der Waals surface area contributed by atoms with Gasteiger partial charge in [0.15, 0.2) is 0 Å². The fraction of sp³-hybridized carbons (Fsp3) is 0.409. The zero-order valence-corrected chi connectivity index (χ0v) is 17.1. The van der Waals surface area contributed by atoms with Gasteiger partial charge < -0.3 is 20.0 Å². The average molecular weight is 396 g/mol. The molecular formula is C22H28N4O3. The number of H-pyrrole nitrogens is 1. The zero-order chi connectivity index (χ0) is 21.0. The second-order valence-electron chi connectivity index (χ2n) is 7.84. The molecule has 3 rings (SSSR count). The summed E-state index contributed by atoms with van der Waals surface area (Å²) in [6, 6.07) is 10.4. The zero-order valence-electron chi connectivity index (χ0n) is 17.1. The normalized spacial score (nSPS) is 12.4. The summed E-state index contributed by atoms with van der Waals surface area (Å²) in [5, 5.41) is 12.6. The highest BCUT2D eigenvalue weighted by atomic mass is 16.3. The number of aromatic amines is 1. The lowest BCUT2D eigenvalue weighted by Crippen LogP contribution is -2.30. The lowest BCUT2D eigenvalue weighted by Gasteiger charge is -2.19. The van der Waals surface area contributed by atoms with Gasteiger partial charge in [-0.15, -0.1) is 0 Å². The smallest absolute Gasteiger partial charge is 0.254 e. The molecule has 29 heavy (non-hydrogen) atoms. The lowest BCUT2D eigenvalue weighted by atomic mass is 10.0. The van der Waals surface area contributed by atoms with Crippen molar-refractivity contribution >= 4 is 16.9 Å². The standard InChI is InChI=1S/C22H28N4O3/c1-14(2)11-19(22-24-17-7-4-5-8-18(17)25-22)23-20(28)9-6-10-26-15(3)12-16(27)13-21(26)29/h4-5,7-8,12-14,19,27H,6,9-11H2,1-3H3,(H,23,28)(H,24,25). The number of amides is 1. The Morgan fingerprint density at radius 1 is 1.28 bits per heavy atom. The number of benzene rings is 1. The summed E-state index contributed by atoms with van der Waals surface area (Å²) in [7, 11) is 0. The molecule has 2 aromatic heterocycles. The minimum Gasteiger partial charge on any atom is -0.508 e. The van der Waals surface area contributed by atoms with E-state index in [-0.39, 0.29) is 23.3 Å². The van der Waals surface area contributed by atoms with Crippen LogP contribution in [0.2, 0.25) is 0 Å². The predicted octanol–water partition coefficient (Wildman–Crippen LogP) is 3.42. The first kappa shape index (κ1) is 20.6. The van der Waals surface area contributed by atoms with Crippen molar-refractivity contribution in [2.45, 2.75) is 52.6 Å². The van der Waals surface area contributed by atoms with Gasteiger partial charge in [0.2, 0.25) is 5.91 Å². The van der Waals surface area contributed by atoms with E-state index in [4.69, 9.17) is 0 Å². The number of pyridine rings is 1. The first-order chi connectivity index (χ1) is 13.8. The van der Waals surface area contributed by atoms with Gasteiger partial charge in [-0.2, -0.15) is 0 Å². The summed E-state index contributed by atoms with van der Waals surface area (Å²) in [4.78, 5) is 32.5. The van der Waals surface area contributed by atoms with Crippen LogP contribution >= 0.6 is 0 Å². The highest BCUT2D eigenvalue weighted by Crippen LogP contribution is 2.22. The van der Waals surface area contributed by atoms with Gasteiger partial charge in [-0.25, -0.2) is 4.98 Å². The molecule has 154 valence electrons. The Labute approximate surface area is 169 Å². The Kier molecular flexibility index (Phi) is 6.36. The van der Waals surface area contributed by atoms with Crippen LogP contribution in [0.4, 0.5) is 0 Å². The van der Waals surface area contributed by atoms with Crippen LogP contribution in [0, 0.1) is 12.8 Å². The van der Waals surface area contributed by atoms with Crippen LogP contribution in [0.25, 0.3) is 11.0 Å². The molecule has 7 heteroatoms. The molecule has 0 saturated heterocycles. The maximum absolute atomic E-state index is 12.6. The molecular weight excluding hydrogens is 368 g/mol. The van der Waals surface area contributed by atoms with Gasteiger partial charge in [0, 0.05) is 24.7 Å². The summed E-state index contributed by atoms with van der Waals surface area (Å²) in [5.74, 6) is 1.05. The molecule has 1 unspecified atom stereocenters. The van der Waals surface area contributed by atoms with Gasteiger partial charge in [-0.1, -0.05) is 26.0 Å². The number of aromatic hydroxyl groups is 1. The number of fused-ring (bicyclic) bond motifs is 1. The van der Waals surface area contributed by atoms with Crippen LogP contribution in [-0.2, 0) is 11.3 Å². The monoisotopic (exact) mass is 396 g/mol. The highest BCUT2D eigenvalue weighted by molar-refractivity contribution is 5.77. The number of nitrogens with one attached hydrogen (secondary N) is 2. The van der Waals surface area contributed by atoms with Gasteiger partial charge in [0.1, 0.15) is 11.6 Å². The molecule has 3 aromatic rings. The van der Waals surface area contributed by atoms with Crippen LogP contribution in [0.15, 0.2) is 41.2 Å². The average Bonchev–Trinajstić information content (AvgIpc) is 3.07. The second kappa shape index (κ2) is 8.94. The molecule has 1 aromatic carbocycles. The van der Waals surface area contributed by atoms with Crippen molar-refractivity contribution in [1.29, 1.82) is 0 Å². The number of aromatic nitrogens is 3. The van der Waals surface area contributed by atoms with E-state index in [1.54, 1.807) is 17.6 Å². The first-order valence-corrected chi connectivity index (χ1v) is 9.98. The molecule has 0 bridgehead atoms. The minimum atomic E-state index is -0.261. The summed E-state index contributed by atoms with van der Waals surface area (Å²) in [6.07, 6.45) is 1.62. The molecule has 1 atom stereocenters. The van der Waals surface area contributed by atoms with Crippen LogP contribution in [0.3, 0.4) is 0 Å². The van der Waals surface area contributed by atoms with Gasteiger partial charge in [-0.3, -0.25) is 9.59 Å². The number of aryl methyl sites for hydroxylation is 1. The number of rotatable bonds is 8. The van der Waals surface area contributed by atoms with Crippen LogP contribution < -0.4 is 10.9 Å². The quantitative estimate of drug-likeness (QED) is 0.543. The number of carbonyl (C=O) groups is 1. The van der Waals surface area contributed by atoms with Gasteiger partial charge in [0.25, 0.3) is 5.56 Å². The van der Waals surface area contributed by atoms with E-state index in [1.165, 1.54) is 6.07 Å². The lowest BCUT2D eigenvalue weighted by molar-refractivity contribution is -0.122. The topological polar surface area (TPSA) is 100 Å². The number of hydrogen-bond acceptors (Lipinski definition) is 4. The van der Waals surface area contributed by atoms with Crippen LogP contribution in [0.5, 0.6) is 5.75 Å². The van der Waals surface area contributed by atoms with Crippen LogP contribution in [-0.4, -0.2) is 25.5 Å². The Morgan fingerprint density at radius 3 is 2.72 bits per heavy atom. The Hall–Kier alpha value is -3.09. The van der Waals surface area contributed by atoms with Crippen molar-refractivity contribution in [1.82, 2.24) is 19.9 Å². The maximum atomic E-state index is 12.6. The SMILES string of the molecule is Cc1cc(O)cc(=O)n1CCCC(=O)NC(CC(C)C)c1nc2ccccc2[nH]1. The third-order valence-corrected chi connectivity index (χ3v) is 4.89. The second-order valence-corrected chi connectivity index (χ2v) is 7.84. The van der Waals surface area contributed by atoms with E-state index in [9.17, 15) is 14.7 Å². The molecule has 0 aliphatic heterocycles. The molecule has 0 aliphatic rings. The molecule has 0 radical (unpaired) electrons. The summed E-state index contributed by atoms with van der Waals surface area (Å²) >= 11 is 0. The molecule has 2 heterocycles. The van der Waals surface area contributed by atoms with Crippen molar-refractivity contribution in [3.63, 3.8) is 0 Å². The van der Waals surface area contributed by atoms with Crippen molar-refractivity contribution in [2.75, 3.05) is 0 Å². The maximum Gasteiger partial charge on any atom is 0.254 e. The Balaban J connectivity index is 1.64. The first-order valence-electron chi connectivity index (χ1n) is 9.98. The number of imidazole rings is 1. The Bertz CT molecular complexity index is 1020. The Morgan fingerprint density at radius 2 is 2.03 bits per heavy atom. The largest absolute Gasteiger partial charge is 0.508 e. The minimum absolute atomic E-state index is 0.0381. The van der Waals surface area contributed by atoms with E-state index in [1.807, 2.05) is 24.3 Å². The molecule has 7 nitrogen and oxygen atoms in total. The summed E-state index contributed by atoms with van der Waals surface area (Å²) in [5.41, 5.74) is 2.25. The highest BCUT2D eigenvalue weighted by Gasteiger charge is 2.19. The number of nitrogens with zero attached hydrogens (tertiary/aromatic N) is 2. The summed E-state index contributed by atoms with van der Waals surface area (Å²) < 4.78 is 1.57. The number of hydrogen-bond donors (Lipinski definition) is 3. The van der Waals surface area contributed by atoms with Crippen molar-refractivity contribution in [3.05, 3.63) is 58.3 Å². The van der Waals surface area contributed by atoms with E-state index < -0.39 is 0 Å². The van der Waals surface area contributed by atoms with Crippen LogP contribution in [0.1, 0.15) is 50.7 Å². The predicted molar refractivity (Wildman–Crippen MR) is 113 cm³/mol. The van der Waals surface area contributed by atoms with Gasteiger partial charge in [-0.05, 0) is 43.9 Å². The third kappa shape index (κ3) is 5.25. The third-order valence-electron chi connectivity index (χ3n) is 4.89. The van der Waals surface area contributed by atoms with Gasteiger partial charge >= 0.3 is 0 Å².